The highest BCUT2D eigenvalue weighted by atomic mass is 19.4. The third-order valence-corrected chi connectivity index (χ3v) is 7.22. The van der Waals surface area contributed by atoms with Crippen LogP contribution in [0.4, 0.5) is 29.7 Å². The van der Waals surface area contributed by atoms with Gasteiger partial charge in [-0.05, 0) is 43.9 Å². The summed E-state index contributed by atoms with van der Waals surface area (Å²) >= 11 is 0. The minimum atomic E-state index is -4.47. The van der Waals surface area contributed by atoms with Crippen molar-refractivity contribution in [1.82, 2.24) is 25.5 Å². The molecule has 2 N–H and O–H groups in total. The van der Waals surface area contributed by atoms with Gasteiger partial charge in [0.05, 0.1) is 17.0 Å². The molecule has 3 saturated heterocycles. The quantitative estimate of drug-likeness (QED) is 0.627. The molecule has 3 fully saturated rings. The maximum Gasteiger partial charge on any atom is 0.416 e. The van der Waals surface area contributed by atoms with Crippen LogP contribution in [0.5, 0.6) is 0 Å². The van der Waals surface area contributed by atoms with E-state index in [2.05, 4.69) is 15.6 Å². The van der Waals surface area contributed by atoms with Crippen LogP contribution in [-0.2, 0) is 11.0 Å². The molecule has 2 aromatic rings. The first-order chi connectivity index (χ1) is 17.2. The van der Waals surface area contributed by atoms with Crippen LogP contribution in [-0.4, -0.2) is 79.2 Å². The number of anilines is 2. The molecule has 0 atom stereocenters. The number of halogens is 3. The zero-order chi connectivity index (χ0) is 25.4. The van der Waals surface area contributed by atoms with Gasteiger partial charge < -0.3 is 25.3 Å². The number of carbonyl (C=O) groups excluding carboxylic acids is 2. The van der Waals surface area contributed by atoms with E-state index < -0.39 is 11.7 Å². The summed E-state index contributed by atoms with van der Waals surface area (Å²) in [7, 11) is 0. The molecular formula is C24H30F3N7O2. The fraction of sp³-hybridized carbons (Fsp3) is 0.583. The van der Waals surface area contributed by atoms with Crippen molar-refractivity contribution < 1.29 is 22.8 Å². The Balaban J connectivity index is 1.37. The van der Waals surface area contributed by atoms with E-state index in [1.165, 1.54) is 6.07 Å². The predicted octanol–water partition coefficient (Wildman–Crippen LogP) is 2.46. The fourth-order valence-electron chi connectivity index (χ4n) is 5.11. The van der Waals surface area contributed by atoms with Gasteiger partial charge in [0.15, 0.2) is 0 Å². The number of fused-ring (bicyclic) bond motifs is 1. The van der Waals surface area contributed by atoms with Crippen molar-refractivity contribution in [3.8, 4) is 0 Å². The Morgan fingerprint density at radius 3 is 2.53 bits per heavy atom. The molecule has 12 heteroatoms. The molecule has 3 amide bonds. The van der Waals surface area contributed by atoms with Crippen LogP contribution in [0.3, 0.4) is 0 Å². The molecule has 0 unspecified atom stereocenters. The number of rotatable bonds is 6. The van der Waals surface area contributed by atoms with Crippen molar-refractivity contribution in [3.05, 3.63) is 23.8 Å². The number of carbonyl (C=O) groups is 2. The van der Waals surface area contributed by atoms with Crippen LogP contribution in [0.2, 0.25) is 0 Å². The molecule has 1 aromatic carbocycles. The number of amides is 3. The van der Waals surface area contributed by atoms with Crippen LogP contribution >= 0.6 is 0 Å². The van der Waals surface area contributed by atoms with E-state index >= 15 is 0 Å². The summed E-state index contributed by atoms with van der Waals surface area (Å²) in [6.07, 6.45) is -2.79. The zero-order valence-electron chi connectivity index (χ0n) is 20.1. The molecule has 4 heterocycles. The molecule has 0 saturated carbocycles. The second-order valence-corrected chi connectivity index (χ2v) is 9.68. The summed E-state index contributed by atoms with van der Waals surface area (Å²) in [5, 5.41) is 6.17. The number of aromatic nitrogens is 2. The SMILES string of the molecule is CCNC(=O)C1CN(c2nc(N3CCC(CN4CCNC4=O)CC3)nc3cc(C(F)(F)F)ccc23)C1. The molecule has 0 aliphatic carbocycles. The van der Waals surface area contributed by atoms with Gasteiger partial charge in [-0.25, -0.2) is 9.78 Å². The van der Waals surface area contributed by atoms with E-state index in [9.17, 15) is 22.8 Å². The summed E-state index contributed by atoms with van der Waals surface area (Å²) in [5.41, 5.74) is -0.515. The van der Waals surface area contributed by atoms with Gasteiger partial charge in [-0.2, -0.15) is 18.2 Å². The number of alkyl halides is 3. The number of hydrogen-bond donors (Lipinski definition) is 2. The summed E-state index contributed by atoms with van der Waals surface area (Å²) < 4.78 is 40.3. The van der Waals surface area contributed by atoms with Crippen LogP contribution in [0.1, 0.15) is 25.3 Å². The minimum absolute atomic E-state index is 0.0270. The molecule has 0 radical (unpaired) electrons. The molecule has 194 valence electrons. The molecule has 3 aliphatic rings. The summed E-state index contributed by atoms with van der Waals surface area (Å²) in [5.74, 6) is 1.11. The molecule has 9 nitrogen and oxygen atoms in total. The van der Waals surface area contributed by atoms with Gasteiger partial charge in [-0.1, -0.05) is 0 Å². The van der Waals surface area contributed by atoms with Crippen LogP contribution in [0.15, 0.2) is 18.2 Å². The average Bonchev–Trinajstić information content (AvgIpc) is 3.22. The average molecular weight is 506 g/mol. The van der Waals surface area contributed by atoms with E-state index in [1.807, 2.05) is 21.6 Å². The Morgan fingerprint density at radius 2 is 1.89 bits per heavy atom. The number of benzene rings is 1. The molecule has 1 aromatic heterocycles. The van der Waals surface area contributed by atoms with Gasteiger partial charge >= 0.3 is 12.2 Å². The predicted molar refractivity (Wildman–Crippen MR) is 129 cm³/mol. The van der Waals surface area contributed by atoms with Crippen molar-refractivity contribution >= 4 is 34.6 Å². The topological polar surface area (TPSA) is 93.7 Å². The Bertz CT molecular complexity index is 1140. The van der Waals surface area contributed by atoms with Gasteiger partial charge in [-0.15, -0.1) is 0 Å². The van der Waals surface area contributed by atoms with Crippen LogP contribution in [0, 0.1) is 11.8 Å². The monoisotopic (exact) mass is 505 g/mol. The molecule has 3 aliphatic heterocycles. The highest BCUT2D eigenvalue weighted by Gasteiger charge is 2.36. The number of piperidine rings is 1. The number of hydrogen-bond acceptors (Lipinski definition) is 6. The normalized spacial score (nSPS) is 19.6. The lowest BCUT2D eigenvalue weighted by molar-refractivity contribution is -0.137. The second-order valence-electron chi connectivity index (χ2n) is 9.68. The zero-order valence-corrected chi connectivity index (χ0v) is 20.1. The number of urea groups is 1. The van der Waals surface area contributed by atoms with Gasteiger partial charge in [0.25, 0.3) is 0 Å². The Labute approximate surface area is 207 Å². The largest absolute Gasteiger partial charge is 0.416 e. The maximum atomic E-state index is 13.4. The molecule has 36 heavy (non-hydrogen) atoms. The van der Waals surface area contributed by atoms with Gasteiger partial charge in [0.2, 0.25) is 11.9 Å². The standard InChI is InChI=1S/C24H30F3N7O2/c1-2-28-21(35)16-13-34(14-16)20-18-4-3-17(24(25,26)27)11-19(18)30-22(31-20)32-8-5-15(6-9-32)12-33-10-7-29-23(33)36/h3-4,11,15-16H,2,5-10,12-14H2,1H3,(H,28,35)(H,29,36). The summed E-state index contributed by atoms with van der Waals surface area (Å²) in [6, 6.07) is 3.52. The van der Waals surface area contributed by atoms with E-state index in [4.69, 9.17) is 4.98 Å². The Hall–Kier alpha value is -3.31. The lowest BCUT2D eigenvalue weighted by atomic mass is 9.96. The molecule has 5 rings (SSSR count). The van der Waals surface area contributed by atoms with E-state index in [1.54, 1.807) is 0 Å². The number of nitrogens with one attached hydrogen (secondary N) is 2. The smallest absolute Gasteiger partial charge is 0.356 e. The van der Waals surface area contributed by atoms with Crippen LogP contribution in [0.25, 0.3) is 10.9 Å². The fourth-order valence-corrected chi connectivity index (χ4v) is 5.11. The van der Waals surface area contributed by atoms with E-state index in [-0.39, 0.29) is 23.4 Å². The third-order valence-electron chi connectivity index (χ3n) is 7.22. The first kappa shape index (κ1) is 24.4. The Kier molecular flexibility index (Phi) is 6.52. The molecule has 0 bridgehead atoms. The maximum absolute atomic E-state index is 13.4. The lowest BCUT2D eigenvalue weighted by Crippen LogP contribution is -2.54. The first-order valence-corrected chi connectivity index (χ1v) is 12.4. The number of nitrogens with zero attached hydrogens (tertiary/aromatic N) is 5. The van der Waals surface area contributed by atoms with Crippen molar-refractivity contribution in [2.75, 3.05) is 62.2 Å². The van der Waals surface area contributed by atoms with E-state index in [0.717, 1.165) is 25.0 Å². The molecule has 0 spiro atoms. The third kappa shape index (κ3) is 4.85. The van der Waals surface area contributed by atoms with Crippen molar-refractivity contribution in [3.63, 3.8) is 0 Å². The summed E-state index contributed by atoms with van der Waals surface area (Å²) in [4.78, 5) is 39.1. The van der Waals surface area contributed by atoms with E-state index in [0.29, 0.717) is 75.4 Å². The van der Waals surface area contributed by atoms with Gasteiger partial charge in [0.1, 0.15) is 5.82 Å². The van der Waals surface area contributed by atoms with Crippen LogP contribution < -0.4 is 20.4 Å². The first-order valence-electron chi connectivity index (χ1n) is 12.4. The highest BCUT2D eigenvalue weighted by Crippen LogP contribution is 2.36. The highest BCUT2D eigenvalue weighted by molar-refractivity contribution is 5.92. The van der Waals surface area contributed by atoms with Crippen molar-refractivity contribution in [2.45, 2.75) is 25.9 Å². The van der Waals surface area contributed by atoms with Crippen molar-refractivity contribution in [2.24, 2.45) is 11.8 Å². The summed E-state index contributed by atoms with van der Waals surface area (Å²) in [6.45, 7) is 6.73. The van der Waals surface area contributed by atoms with Gasteiger partial charge in [-0.3, -0.25) is 4.79 Å². The molecular weight excluding hydrogens is 475 g/mol. The van der Waals surface area contributed by atoms with Crippen molar-refractivity contribution in [1.29, 1.82) is 0 Å². The van der Waals surface area contributed by atoms with Gasteiger partial charge in [0, 0.05) is 57.7 Å². The second kappa shape index (κ2) is 9.62. The minimum Gasteiger partial charge on any atom is -0.356 e. The Morgan fingerprint density at radius 1 is 1.14 bits per heavy atom. The lowest BCUT2D eigenvalue weighted by Gasteiger charge is -2.40.